The predicted octanol–water partition coefficient (Wildman–Crippen LogP) is -3.72. The van der Waals surface area contributed by atoms with Crippen molar-refractivity contribution < 1.29 is 56.5 Å². The van der Waals surface area contributed by atoms with Gasteiger partial charge in [-0.25, -0.2) is 0 Å². The molecule has 7 heteroatoms. The second kappa shape index (κ2) is 15.7. The van der Waals surface area contributed by atoms with Gasteiger partial charge in [-0.15, -0.1) is 0 Å². The van der Waals surface area contributed by atoms with Crippen LogP contribution in [-0.2, 0) is 0 Å². The van der Waals surface area contributed by atoms with Gasteiger partial charge in [0.1, 0.15) is 0 Å². The van der Waals surface area contributed by atoms with Gasteiger partial charge in [0, 0.05) is 0 Å². The van der Waals surface area contributed by atoms with E-state index in [-0.39, 0.29) is 87.1 Å². The van der Waals surface area contributed by atoms with Crippen molar-refractivity contribution in [3.05, 3.63) is 15.3 Å². The van der Waals surface area contributed by atoms with Crippen molar-refractivity contribution in [3.63, 3.8) is 0 Å². The molecule has 0 aromatic heterocycles. The Balaban J connectivity index is -0.0000000150. The molecule has 0 aromatic carbocycles. The third-order valence-corrected chi connectivity index (χ3v) is 0. The molecule has 34 valence electrons. The molecule has 0 heterocycles. The van der Waals surface area contributed by atoms with E-state index >= 15 is 0 Å². The Hall–Kier alpha value is 1.80. The van der Waals surface area contributed by atoms with E-state index in [1.165, 1.54) is 0 Å². The quantitative estimate of drug-likeness (QED) is 0.213. The average molecular weight is 142 g/mol. The maximum absolute atomic E-state index is 8.25. The fourth-order valence-corrected chi connectivity index (χ4v) is 0. The Morgan fingerprint density at radius 1 is 1.29 bits per heavy atom. The first-order valence-electron chi connectivity index (χ1n) is 0.548. The summed E-state index contributed by atoms with van der Waals surface area (Å²) < 4.78 is 0. The van der Waals surface area contributed by atoms with Crippen LogP contribution in [0.15, 0.2) is 0 Å². The monoisotopic (exact) mass is 142 g/mol. The van der Waals surface area contributed by atoms with Crippen molar-refractivity contribution >= 4 is 29.6 Å². The van der Waals surface area contributed by atoms with Crippen LogP contribution in [0.25, 0.3) is 0 Å². The molecule has 0 unspecified atom stereocenters. The Labute approximate surface area is 105 Å². The summed E-state index contributed by atoms with van der Waals surface area (Å²) in [5.41, 5.74) is 0. The molecule has 0 aromatic rings. The van der Waals surface area contributed by atoms with Gasteiger partial charge in [0.15, 0.2) is 0 Å². The predicted molar refractivity (Wildman–Crippen MR) is 22.5 cm³/mol. The molecule has 5 nitrogen and oxygen atoms in total. The molecule has 0 rings (SSSR count). The van der Waals surface area contributed by atoms with Gasteiger partial charge in [-0.1, -0.05) is 0 Å². The van der Waals surface area contributed by atoms with E-state index in [0.29, 0.717) is 0 Å². The Bertz CT molecular complexity index is 35.9. The zero-order valence-electron chi connectivity index (χ0n) is 3.38. The first kappa shape index (κ1) is 23.2. The van der Waals surface area contributed by atoms with Gasteiger partial charge >= 0.3 is 80.9 Å². The van der Waals surface area contributed by atoms with Crippen LogP contribution in [0.2, 0.25) is 0 Å². The number of hydrogen-bond donors (Lipinski definition) is 1. The molecule has 0 saturated carbocycles. The van der Waals surface area contributed by atoms with Crippen molar-refractivity contribution in [2.75, 3.05) is 0 Å². The van der Waals surface area contributed by atoms with Crippen molar-refractivity contribution in [1.82, 2.24) is 6.15 Å². The minimum absolute atomic E-state index is 0. The van der Waals surface area contributed by atoms with E-state index in [0.717, 1.165) is 0 Å². The van der Waals surface area contributed by atoms with Crippen LogP contribution >= 0.6 is 0 Å². The van der Waals surface area contributed by atoms with Gasteiger partial charge < -0.3 is 21.5 Å². The molecule has 0 spiro atoms. The summed E-state index contributed by atoms with van der Waals surface area (Å²) >= 11 is 0. The summed E-state index contributed by atoms with van der Waals surface area (Å²) in [6, 6.07) is 0. The molecular formula is H4KN2NaO3. The standard InChI is InChI=1S/K.NO3.H3N.Na.H/c;2-1(3)4;;;/h;;1H3;;/q+1;-1;;;. The van der Waals surface area contributed by atoms with Crippen molar-refractivity contribution in [3.8, 4) is 0 Å². The van der Waals surface area contributed by atoms with Crippen LogP contribution in [-0.4, -0.2) is 34.6 Å². The second-order valence-electron chi connectivity index (χ2n) is 0.224. The van der Waals surface area contributed by atoms with Crippen LogP contribution < -0.4 is 57.5 Å². The Morgan fingerprint density at radius 2 is 1.29 bits per heavy atom. The first-order chi connectivity index (χ1) is 1.73. The second-order valence-corrected chi connectivity index (χ2v) is 0.224. The van der Waals surface area contributed by atoms with Crippen molar-refractivity contribution in [2.24, 2.45) is 0 Å². The molecule has 0 bridgehead atoms. The molecule has 0 saturated heterocycles. The summed E-state index contributed by atoms with van der Waals surface area (Å²) in [6.45, 7) is 0. The molecule has 0 aliphatic rings. The van der Waals surface area contributed by atoms with Gasteiger partial charge in [-0.3, -0.25) is 0 Å². The van der Waals surface area contributed by atoms with Gasteiger partial charge in [0.25, 0.3) is 0 Å². The third-order valence-electron chi connectivity index (χ3n) is 0. The SMILES string of the molecule is N.O=[N+]([O-])[O-].[K+].[NaH]. The van der Waals surface area contributed by atoms with E-state index < -0.39 is 5.09 Å². The summed E-state index contributed by atoms with van der Waals surface area (Å²) in [5.74, 6) is 0. The molecule has 0 radical (unpaired) electrons. The number of rotatable bonds is 0. The van der Waals surface area contributed by atoms with E-state index in [2.05, 4.69) is 0 Å². The third kappa shape index (κ3) is 81.2. The van der Waals surface area contributed by atoms with Gasteiger partial charge in [0.2, 0.25) is 0 Å². The zero-order valence-corrected chi connectivity index (χ0v) is 6.50. The molecule has 7 heavy (non-hydrogen) atoms. The molecule has 0 aliphatic carbocycles. The Morgan fingerprint density at radius 3 is 1.29 bits per heavy atom. The Kier molecular flexibility index (Phi) is 52.0. The maximum atomic E-state index is 8.25. The summed E-state index contributed by atoms with van der Waals surface area (Å²) in [5, 5.41) is 14.8. The van der Waals surface area contributed by atoms with Gasteiger partial charge in [-0.2, -0.15) is 0 Å². The number of nitrogens with zero attached hydrogens (tertiary/aromatic N) is 1. The zero-order chi connectivity index (χ0) is 3.58. The average Bonchev–Trinajstić information content (AvgIpc) is 0.811. The van der Waals surface area contributed by atoms with E-state index in [1.54, 1.807) is 0 Å². The van der Waals surface area contributed by atoms with Crippen molar-refractivity contribution in [2.45, 2.75) is 0 Å². The van der Waals surface area contributed by atoms with E-state index in [4.69, 9.17) is 15.3 Å². The van der Waals surface area contributed by atoms with Crippen LogP contribution in [0.1, 0.15) is 0 Å². The van der Waals surface area contributed by atoms with Crippen LogP contribution in [0.5, 0.6) is 0 Å². The molecule has 0 aliphatic heterocycles. The first-order valence-corrected chi connectivity index (χ1v) is 0.548. The van der Waals surface area contributed by atoms with Crippen molar-refractivity contribution in [1.29, 1.82) is 0 Å². The fraction of sp³-hybridized carbons (Fsp3) is 0. The summed E-state index contributed by atoms with van der Waals surface area (Å²) in [6.07, 6.45) is 0. The molecular weight excluding hydrogens is 138 g/mol. The summed E-state index contributed by atoms with van der Waals surface area (Å²) in [7, 11) is 0. The van der Waals surface area contributed by atoms with Gasteiger partial charge in [-0.05, 0) is 0 Å². The molecule has 3 N–H and O–H groups in total. The fourth-order valence-electron chi connectivity index (χ4n) is 0. The minimum atomic E-state index is -1.75. The molecule has 0 amide bonds. The van der Waals surface area contributed by atoms with E-state index in [9.17, 15) is 0 Å². The van der Waals surface area contributed by atoms with Crippen LogP contribution in [0.3, 0.4) is 0 Å². The normalized spacial score (nSPS) is 3.43. The number of hydrogen-bond acceptors (Lipinski definition) is 4. The van der Waals surface area contributed by atoms with Crippen LogP contribution in [0, 0.1) is 15.3 Å². The van der Waals surface area contributed by atoms with E-state index in [1.807, 2.05) is 0 Å². The van der Waals surface area contributed by atoms with Gasteiger partial charge in [0.05, 0.1) is 5.09 Å². The molecule has 0 atom stereocenters. The topological polar surface area (TPSA) is 101 Å². The molecule has 0 fully saturated rings. The summed E-state index contributed by atoms with van der Waals surface area (Å²) in [4.78, 5) is 8.25. The van der Waals surface area contributed by atoms with Crippen LogP contribution in [0.4, 0.5) is 0 Å².